The van der Waals surface area contributed by atoms with Gasteiger partial charge in [-0.25, -0.2) is 0 Å². The summed E-state index contributed by atoms with van der Waals surface area (Å²) in [4.78, 5) is 6.87. The first-order chi connectivity index (χ1) is 14.2. The molecule has 1 aliphatic heterocycles. The van der Waals surface area contributed by atoms with Gasteiger partial charge in [-0.3, -0.25) is 4.98 Å². The molecule has 7 heteroatoms. The third-order valence-electron chi connectivity index (χ3n) is 5.13. The van der Waals surface area contributed by atoms with E-state index in [2.05, 4.69) is 84.4 Å². The number of thiocarbonyl (C=S) groups is 1. The monoisotopic (exact) mass is 470 g/mol. The smallest absolute Gasteiger partial charge is 0.170 e. The van der Waals surface area contributed by atoms with Crippen LogP contribution in [0.5, 0.6) is 0 Å². The molecule has 2 atom stereocenters. The van der Waals surface area contributed by atoms with Gasteiger partial charge in [0.15, 0.2) is 5.11 Å². The molecule has 150 valence electrons. The summed E-state index contributed by atoms with van der Waals surface area (Å²) in [5.41, 5.74) is 3.27. The van der Waals surface area contributed by atoms with Crippen molar-refractivity contribution in [2.24, 2.45) is 0 Å². The molecule has 0 aliphatic carbocycles. The van der Waals surface area contributed by atoms with Crippen LogP contribution in [0.1, 0.15) is 29.9 Å². The van der Waals surface area contributed by atoms with Crippen molar-refractivity contribution in [2.75, 3.05) is 20.3 Å². The number of hydrogen-bond donors (Lipinski definition) is 1. The molecule has 0 radical (unpaired) electrons. The minimum absolute atomic E-state index is 0.0182. The van der Waals surface area contributed by atoms with E-state index >= 15 is 0 Å². The van der Waals surface area contributed by atoms with Crippen LogP contribution in [0.2, 0.25) is 0 Å². The summed E-state index contributed by atoms with van der Waals surface area (Å²) >= 11 is 9.25. The summed E-state index contributed by atoms with van der Waals surface area (Å²) in [6.07, 6.45) is 4.84. The number of nitrogens with zero attached hydrogens (tertiary/aromatic N) is 3. The van der Waals surface area contributed by atoms with Gasteiger partial charge in [0.05, 0.1) is 17.8 Å². The summed E-state index contributed by atoms with van der Waals surface area (Å²) in [6.45, 7) is 1.52. The second kappa shape index (κ2) is 9.07. The highest BCUT2D eigenvalue weighted by Gasteiger charge is 2.40. The lowest BCUT2D eigenvalue weighted by Crippen LogP contribution is -2.32. The molecule has 3 heterocycles. The molecule has 29 heavy (non-hydrogen) atoms. The van der Waals surface area contributed by atoms with Gasteiger partial charge in [-0.1, -0.05) is 22.0 Å². The SMILES string of the molecule is COCCCN1C(=S)N[C@@H](c2ccccn2)[C@H]1c1cccn1-c1ccc(Br)cc1. The second-order valence-corrected chi connectivity index (χ2v) is 8.25. The van der Waals surface area contributed by atoms with Crippen LogP contribution in [-0.2, 0) is 4.74 Å². The van der Waals surface area contributed by atoms with E-state index in [0.29, 0.717) is 6.61 Å². The number of pyridine rings is 1. The third kappa shape index (κ3) is 4.22. The molecule has 3 aromatic rings. The average molecular weight is 471 g/mol. The Hall–Kier alpha value is -2.22. The van der Waals surface area contributed by atoms with E-state index in [1.165, 1.54) is 5.69 Å². The van der Waals surface area contributed by atoms with Gasteiger partial charge in [-0.2, -0.15) is 0 Å². The van der Waals surface area contributed by atoms with E-state index in [1.54, 1.807) is 7.11 Å². The topological polar surface area (TPSA) is 42.3 Å². The molecule has 4 rings (SSSR count). The maximum Gasteiger partial charge on any atom is 0.170 e. The van der Waals surface area contributed by atoms with Crippen molar-refractivity contribution in [3.63, 3.8) is 0 Å². The molecule has 1 saturated heterocycles. The van der Waals surface area contributed by atoms with Gasteiger partial charge in [0.25, 0.3) is 0 Å². The van der Waals surface area contributed by atoms with E-state index in [4.69, 9.17) is 17.0 Å². The van der Waals surface area contributed by atoms with Crippen molar-refractivity contribution in [2.45, 2.75) is 18.5 Å². The third-order valence-corrected chi connectivity index (χ3v) is 6.01. The first-order valence-electron chi connectivity index (χ1n) is 9.59. The van der Waals surface area contributed by atoms with Crippen LogP contribution < -0.4 is 5.32 Å². The lowest BCUT2D eigenvalue weighted by atomic mass is 10.0. The fourth-order valence-electron chi connectivity index (χ4n) is 3.82. The van der Waals surface area contributed by atoms with E-state index in [-0.39, 0.29) is 12.1 Å². The quantitative estimate of drug-likeness (QED) is 0.402. The zero-order valence-electron chi connectivity index (χ0n) is 16.2. The van der Waals surface area contributed by atoms with Crippen molar-refractivity contribution in [3.8, 4) is 5.69 Å². The predicted molar refractivity (Wildman–Crippen MR) is 122 cm³/mol. The molecule has 0 bridgehead atoms. The van der Waals surface area contributed by atoms with Crippen molar-refractivity contribution >= 4 is 33.3 Å². The lowest BCUT2D eigenvalue weighted by Gasteiger charge is -2.29. The first-order valence-corrected chi connectivity index (χ1v) is 10.8. The summed E-state index contributed by atoms with van der Waals surface area (Å²) in [6, 6.07) is 18.6. The molecule has 1 fully saturated rings. The Kier molecular flexibility index (Phi) is 6.28. The largest absolute Gasteiger partial charge is 0.385 e. The minimum Gasteiger partial charge on any atom is -0.385 e. The van der Waals surface area contributed by atoms with Gasteiger partial charge < -0.3 is 19.5 Å². The molecule has 1 N–H and O–H groups in total. The summed E-state index contributed by atoms with van der Waals surface area (Å²) < 4.78 is 8.56. The van der Waals surface area contributed by atoms with E-state index in [1.807, 2.05) is 18.3 Å². The fourth-order valence-corrected chi connectivity index (χ4v) is 4.42. The molecule has 2 aromatic heterocycles. The molecule has 5 nitrogen and oxygen atoms in total. The normalized spacial score (nSPS) is 18.8. The van der Waals surface area contributed by atoms with Crippen molar-refractivity contribution in [1.82, 2.24) is 19.8 Å². The zero-order chi connectivity index (χ0) is 20.2. The van der Waals surface area contributed by atoms with Crippen LogP contribution in [0.15, 0.2) is 71.5 Å². The molecule has 0 spiro atoms. The average Bonchev–Trinajstić information content (AvgIpc) is 3.34. The number of methoxy groups -OCH3 is 1. The fraction of sp³-hybridized carbons (Fsp3) is 0.273. The molecule has 0 amide bonds. The van der Waals surface area contributed by atoms with Crippen molar-refractivity contribution in [1.29, 1.82) is 0 Å². The Morgan fingerprint density at radius 2 is 1.97 bits per heavy atom. The Balaban J connectivity index is 1.75. The maximum absolute atomic E-state index is 5.73. The van der Waals surface area contributed by atoms with Crippen LogP contribution >= 0.6 is 28.1 Å². The summed E-state index contributed by atoms with van der Waals surface area (Å²) in [5.74, 6) is 0. The molecule has 1 aliphatic rings. The molecule has 1 aromatic carbocycles. The standard InChI is InChI=1S/C22H23BrN4OS/c1-28-15-5-14-27-21(20(25-22(27)29)18-6-2-3-12-24-18)19-7-4-13-26(19)17-10-8-16(23)9-11-17/h2-4,6-13,20-21H,5,14-15H2,1H3,(H,25,29)/t20-,21+/m0/s1. The number of nitrogens with one attached hydrogen (secondary N) is 1. The molecular weight excluding hydrogens is 448 g/mol. The van der Waals surface area contributed by atoms with Crippen LogP contribution in [0.3, 0.4) is 0 Å². The maximum atomic E-state index is 5.73. The van der Waals surface area contributed by atoms with E-state index < -0.39 is 0 Å². The van der Waals surface area contributed by atoms with Gasteiger partial charge in [-0.15, -0.1) is 0 Å². The van der Waals surface area contributed by atoms with E-state index in [9.17, 15) is 0 Å². The van der Waals surface area contributed by atoms with Crippen molar-refractivity contribution < 1.29 is 4.74 Å². The predicted octanol–water partition coefficient (Wildman–Crippen LogP) is 4.64. The second-order valence-electron chi connectivity index (χ2n) is 6.95. The Morgan fingerprint density at radius 1 is 1.14 bits per heavy atom. The van der Waals surface area contributed by atoms with Crippen LogP contribution in [0.25, 0.3) is 5.69 Å². The molecular formula is C22H23BrN4OS. The number of aromatic nitrogens is 2. The first kappa shape index (κ1) is 20.1. The van der Waals surface area contributed by atoms with Crippen LogP contribution in [0, 0.1) is 0 Å². The van der Waals surface area contributed by atoms with Crippen LogP contribution in [0.4, 0.5) is 0 Å². The van der Waals surface area contributed by atoms with Gasteiger partial charge in [0.1, 0.15) is 0 Å². The number of halogens is 1. The van der Waals surface area contributed by atoms with Crippen LogP contribution in [-0.4, -0.2) is 39.8 Å². The Labute approximate surface area is 184 Å². The van der Waals surface area contributed by atoms with Gasteiger partial charge in [-0.05, 0) is 67.2 Å². The van der Waals surface area contributed by atoms with E-state index in [0.717, 1.165) is 33.9 Å². The Bertz CT molecular complexity index is 960. The number of hydrogen-bond acceptors (Lipinski definition) is 3. The lowest BCUT2D eigenvalue weighted by molar-refractivity contribution is 0.180. The summed E-state index contributed by atoms with van der Waals surface area (Å²) in [5, 5.41) is 4.26. The minimum atomic E-state index is -0.0182. The number of benzene rings is 1. The Morgan fingerprint density at radius 3 is 2.69 bits per heavy atom. The highest BCUT2D eigenvalue weighted by Crippen LogP contribution is 2.39. The number of ether oxygens (including phenoxy) is 1. The number of rotatable bonds is 7. The molecule has 0 unspecified atom stereocenters. The highest BCUT2D eigenvalue weighted by atomic mass is 79.9. The van der Waals surface area contributed by atoms with Gasteiger partial charge in [0.2, 0.25) is 0 Å². The molecule has 0 saturated carbocycles. The van der Waals surface area contributed by atoms with Crippen molar-refractivity contribution in [3.05, 3.63) is 82.9 Å². The zero-order valence-corrected chi connectivity index (χ0v) is 18.6. The highest BCUT2D eigenvalue weighted by molar-refractivity contribution is 9.10. The van der Waals surface area contributed by atoms with Gasteiger partial charge in [0, 0.05) is 48.5 Å². The summed E-state index contributed by atoms with van der Waals surface area (Å²) in [7, 11) is 1.73. The van der Waals surface area contributed by atoms with Gasteiger partial charge >= 0.3 is 0 Å².